The van der Waals surface area contributed by atoms with Crippen LogP contribution >= 0.6 is 25.3 Å². The van der Waals surface area contributed by atoms with Crippen molar-refractivity contribution in [3.63, 3.8) is 0 Å². The predicted octanol–water partition coefficient (Wildman–Crippen LogP) is 7.42. The number of aliphatic hydroxyl groups is 2. The lowest BCUT2D eigenvalue weighted by atomic mass is 10.1. The molecule has 0 aliphatic carbocycles. The zero-order valence-corrected chi connectivity index (χ0v) is 32.8. The van der Waals surface area contributed by atoms with Crippen molar-refractivity contribution in [3.8, 4) is 0 Å². The SMILES string of the molecule is CCN(CCO)c1nc(Nc2ccccc2)nc(Nc2ccc(/C=C/c3ccc(Nc4nc(Nc5ccccc5)nc(N(CC)CCO)n4)cc3S)c(S)c2)n1. The quantitative estimate of drug-likeness (QED) is 0.0320. The first-order valence-electron chi connectivity index (χ1n) is 18.1. The number of aromatic nitrogens is 6. The number of nitrogens with zero attached hydrogens (tertiary/aromatic N) is 8. The predicted molar refractivity (Wildman–Crippen MR) is 232 cm³/mol. The van der Waals surface area contributed by atoms with Gasteiger partial charge in [-0.2, -0.15) is 29.9 Å². The Balaban J connectivity index is 1.17. The molecule has 6 aromatic rings. The molecule has 288 valence electrons. The summed E-state index contributed by atoms with van der Waals surface area (Å²) in [4.78, 5) is 32.9. The number of para-hydroxylation sites is 2. The molecular weight excluding hydrogens is 745 g/mol. The summed E-state index contributed by atoms with van der Waals surface area (Å²) in [6, 6.07) is 30.9. The number of hydrogen-bond donors (Lipinski definition) is 8. The zero-order chi connectivity index (χ0) is 39.3. The first kappa shape index (κ1) is 39.7. The molecule has 0 fully saturated rings. The largest absolute Gasteiger partial charge is 0.395 e. The van der Waals surface area contributed by atoms with Crippen LogP contribution in [0.3, 0.4) is 0 Å². The van der Waals surface area contributed by atoms with Crippen LogP contribution in [-0.2, 0) is 0 Å². The van der Waals surface area contributed by atoms with E-state index in [0.29, 0.717) is 61.9 Å². The van der Waals surface area contributed by atoms with Crippen LogP contribution in [0.4, 0.5) is 58.4 Å². The molecule has 0 unspecified atom stereocenters. The van der Waals surface area contributed by atoms with Crippen LogP contribution in [0.2, 0.25) is 0 Å². The number of thiol groups is 2. The first-order chi connectivity index (χ1) is 27.3. The molecule has 0 radical (unpaired) electrons. The van der Waals surface area contributed by atoms with Gasteiger partial charge in [0.25, 0.3) is 0 Å². The molecule has 0 atom stereocenters. The maximum absolute atomic E-state index is 9.60. The van der Waals surface area contributed by atoms with Gasteiger partial charge in [-0.1, -0.05) is 60.7 Å². The molecule has 0 aliphatic rings. The molecule has 2 aromatic heterocycles. The number of hydrogen-bond acceptors (Lipinski definition) is 16. The van der Waals surface area contributed by atoms with E-state index >= 15 is 0 Å². The second kappa shape index (κ2) is 19.6. The lowest BCUT2D eigenvalue weighted by Gasteiger charge is -2.21. The zero-order valence-electron chi connectivity index (χ0n) is 31.0. The van der Waals surface area contributed by atoms with E-state index < -0.39 is 0 Å². The van der Waals surface area contributed by atoms with Gasteiger partial charge in [-0.05, 0) is 73.5 Å². The summed E-state index contributed by atoms with van der Waals surface area (Å²) in [5.41, 5.74) is 4.96. The van der Waals surface area contributed by atoms with E-state index in [-0.39, 0.29) is 13.2 Å². The Labute approximate surface area is 337 Å². The maximum Gasteiger partial charge on any atom is 0.233 e. The van der Waals surface area contributed by atoms with Crippen LogP contribution in [0.1, 0.15) is 25.0 Å². The molecule has 0 saturated heterocycles. The highest BCUT2D eigenvalue weighted by Gasteiger charge is 2.15. The lowest BCUT2D eigenvalue weighted by Crippen LogP contribution is -2.28. The Morgan fingerprint density at radius 3 is 1.18 bits per heavy atom. The minimum Gasteiger partial charge on any atom is -0.395 e. The van der Waals surface area contributed by atoms with E-state index in [0.717, 1.165) is 43.7 Å². The molecule has 0 spiro atoms. The van der Waals surface area contributed by atoms with Crippen molar-refractivity contribution in [3.05, 3.63) is 108 Å². The van der Waals surface area contributed by atoms with Crippen LogP contribution in [-0.4, -0.2) is 79.5 Å². The third-order valence-corrected chi connectivity index (χ3v) is 9.17. The molecule has 0 saturated carbocycles. The van der Waals surface area contributed by atoms with E-state index in [4.69, 9.17) is 25.3 Å². The van der Waals surface area contributed by atoms with Gasteiger partial charge in [-0.25, -0.2) is 0 Å². The van der Waals surface area contributed by atoms with E-state index in [1.54, 1.807) is 0 Å². The summed E-state index contributed by atoms with van der Waals surface area (Å²) >= 11 is 9.56. The van der Waals surface area contributed by atoms with Crippen LogP contribution in [0.5, 0.6) is 0 Å². The lowest BCUT2D eigenvalue weighted by molar-refractivity contribution is 0.301. The Bertz CT molecular complexity index is 2080. The van der Waals surface area contributed by atoms with Gasteiger partial charge >= 0.3 is 0 Å². The fraction of sp³-hybridized carbons (Fsp3) is 0.200. The van der Waals surface area contributed by atoms with Gasteiger partial charge in [-0.15, -0.1) is 25.3 Å². The van der Waals surface area contributed by atoms with Crippen LogP contribution < -0.4 is 31.1 Å². The van der Waals surface area contributed by atoms with Gasteiger partial charge in [0.1, 0.15) is 0 Å². The maximum atomic E-state index is 9.60. The van der Waals surface area contributed by atoms with Crippen LogP contribution in [0, 0.1) is 0 Å². The molecule has 4 aromatic carbocycles. The van der Waals surface area contributed by atoms with Gasteiger partial charge in [0.15, 0.2) is 0 Å². The third-order valence-electron chi connectivity index (χ3n) is 8.39. The molecule has 14 nitrogen and oxygen atoms in total. The van der Waals surface area contributed by atoms with Gasteiger partial charge < -0.3 is 41.3 Å². The van der Waals surface area contributed by atoms with Crippen molar-refractivity contribution >= 4 is 95.8 Å². The second-order valence-electron chi connectivity index (χ2n) is 12.3. The topological polar surface area (TPSA) is 172 Å². The highest BCUT2D eigenvalue weighted by molar-refractivity contribution is 7.80. The minimum atomic E-state index is -0.0299. The Morgan fingerprint density at radius 2 is 0.857 bits per heavy atom. The average molecular weight is 789 g/mol. The fourth-order valence-electron chi connectivity index (χ4n) is 5.54. The van der Waals surface area contributed by atoms with Crippen molar-refractivity contribution in [1.29, 1.82) is 0 Å². The Morgan fingerprint density at radius 1 is 0.500 bits per heavy atom. The smallest absolute Gasteiger partial charge is 0.233 e. The monoisotopic (exact) mass is 788 g/mol. The normalized spacial score (nSPS) is 11.0. The van der Waals surface area contributed by atoms with Gasteiger partial charge in [0.2, 0.25) is 35.7 Å². The molecule has 0 aliphatic heterocycles. The number of aliphatic hydroxyl groups excluding tert-OH is 2. The summed E-state index contributed by atoms with van der Waals surface area (Å²) in [6.45, 7) is 5.90. The molecule has 6 N–H and O–H groups in total. The summed E-state index contributed by atoms with van der Waals surface area (Å²) < 4.78 is 0. The summed E-state index contributed by atoms with van der Waals surface area (Å²) in [6.07, 6.45) is 3.96. The van der Waals surface area contributed by atoms with Crippen LogP contribution in [0.25, 0.3) is 12.2 Å². The van der Waals surface area contributed by atoms with Crippen molar-refractivity contribution in [2.75, 3.05) is 70.5 Å². The summed E-state index contributed by atoms with van der Waals surface area (Å²) in [5, 5.41) is 32.3. The molecule has 0 bridgehead atoms. The van der Waals surface area contributed by atoms with Crippen molar-refractivity contribution in [2.45, 2.75) is 23.6 Å². The minimum absolute atomic E-state index is 0.0299. The van der Waals surface area contributed by atoms with Crippen molar-refractivity contribution in [1.82, 2.24) is 29.9 Å². The number of benzene rings is 4. The van der Waals surface area contributed by atoms with Gasteiger partial charge in [0, 0.05) is 58.7 Å². The van der Waals surface area contributed by atoms with E-state index in [9.17, 15) is 10.2 Å². The Kier molecular flexibility index (Phi) is 13.9. The standard InChI is InChI=1S/C40H44N12O2S2/c1-3-51(21-23-53)39-47-35(41-29-11-7-5-8-12-29)45-37(49-39)43-31-19-17-27(33(55)25-31)15-16-28-18-20-32(26-34(28)56)44-38-46-36(42-30-13-9-6-10-14-30)48-40(50-38)52(4-2)22-24-54/h5-20,25-26,53-56H,3-4,21-24H2,1-2H3,(H2,41,43,45,47,49)(H2,42,44,46,48,50)/b16-15+. The van der Waals surface area contributed by atoms with Crippen molar-refractivity contribution in [2.24, 2.45) is 0 Å². The second-order valence-corrected chi connectivity index (χ2v) is 13.2. The number of likely N-dealkylation sites (N-methyl/N-ethyl adjacent to an activating group) is 2. The van der Waals surface area contributed by atoms with Gasteiger partial charge in [-0.3, -0.25) is 0 Å². The van der Waals surface area contributed by atoms with Crippen LogP contribution in [0.15, 0.2) is 107 Å². The molecule has 16 heteroatoms. The van der Waals surface area contributed by atoms with E-state index in [2.05, 4.69) is 51.2 Å². The Hall–Kier alpha value is -5.94. The highest BCUT2D eigenvalue weighted by atomic mass is 32.1. The molecule has 0 amide bonds. The molecule has 2 heterocycles. The fourth-order valence-corrected chi connectivity index (χ4v) is 6.12. The molecule has 56 heavy (non-hydrogen) atoms. The average Bonchev–Trinajstić information content (AvgIpc) is 3.20. The number of nitrogens with one attached hydrogen (secondary N) is 4. The molecule has 6 rings (SSSR count). The van der Waals surface area contributed by atoms with E-state index in [1.807, 2.05) is 133 Å². The summed E-state index contributed by atoms with van der Waals surface area (Å²) in [5.74, 6) is 2.32. The van der Waals surface area contributed by atoms with E-state index in [1.165, 1.54) is 0 Å². The first-order valence-corrected chi connectivity index (χ1v) is 19.0. The highest BCUT2D eigenvalue weighted by Crippen LogP contribution is 2.28. The molecular formula is C40H44N12O2S2. The third kappa shape index (κ3) is 10.8. The van der Waals surface area contributed by atoms with Gasteiger partial charge in [0.05, 0.1) is 13.2 Å². The number of anilines is 10. The van der Waals surface area contributed by atoms with Crippen molar-refractivity contribution < 1.29 is 10.2 Å². The summed E-state index contributed by atoms with van der Waals surface area (Å²) in [7, 11) is 0. The number of rotatable bonds is 18.